The number of benzene rings is 1. The van der Waals surface area contributed by atoms with Crippen LogP contribution < -0.4 is 4.74 Å². The molecule has 0 radical (unpaired) electrons. The van der Waals surface area contributed by atoms with Crippen molar-refractivity contribution < 1.29 is 14.3 Å². The minimum absolute atomic E-state index is 0.0574. The summed E-state index contributed by atoms with van der Waals surface area (Å²) in [4.78, 5) is 4.11. The average molecular weight is 193 g/mol. The van der Waals surface area contributed by atoms with Crippen molar-refractivity contribution in [2.24, 2.45) is 0 Å². The Bertz CT molecular complexity index is 436. The Hall–Kier alpha value is -1.55. The molecule has 0 aliphatic rings. The number of oxazole rings is 1. The van der Waals surface area contributed by atoms with Crippen LogP contribution in [-0.4, -0.2) is 16.7 Å². The third kappa shape index (κ3) is 1.44. The smallest absolute Gasteiger partial charge is 0.394 e. The first-order valence-corrected chi connectivity index (χ1v) is 4.47. The van der Waals surface area contributed by atoms with Gasteiger partial charge in [-0.2, -0.15) is 4.98 Å². The Balaban J connectivity index is 2.52. The minimum atomic E-state index is -0.0574. The molecular formula is C10H11NO3. The zero-order valence-electron chi connectivity index (χ0n) is 7.86. The number of para-hydroxylation sites is 1. The van der Waals surface area contributed by atoms with Crippen molar-refractivity contribution in [1.82, 2.24) is 4.98 Å². The highest BCUT2D eigenvalue weighted by molar-refractivity contribution is 5.76. The molecule has 2 aromatic rings. The molecule has 0 atom stereocenters. The van der Waals surface area contributed by atoms with Gasteiger partial charge in [0.2, 0.25) is 0 Å². The molecule has 0 bridgehead atoms. The third-order valence-electron chi connectivity index (χ3n) is 1.92. The van der Waals surface area contributed by atoms with Crippen LogP contribution in [0.3, 0.4) is 0 Å². The molecule has 4 heteroatoms. The van der Waals surface area contributed by atoms with Crippen LogP contribution in [0.4, 0.5) is 0 Å². The largest absolute Gasteiger partial charge is 0.450 e. The van der Waals surface area contributed by atoms with E-state index in [1.165, 1.54) is 0 Å². The SMILES string of the molecule is CCOc1nc2cccc(CO)c2o1. The lowest BCUT2D eigenvalue weighted by Crippen LogP contribution is -1.89. The second-order valence-electron chi connectivity index (χ2n) is 2.84. The first-order valence-electron chi connectivity index (χ1n) is 4.47. The normalized spacial score (nSPS) is 10.7. The van der Waals surface area contributed by atoms with Gasteiger partial charge in [-0.05, 0) is 13.0 Å². The zero-order valence-corrected chi connectivity index (χ0v) is 7.86. The number of hydrogen-bond donors (Lipinski definition) is 1. The van der Waals surface area contributed by atoms with Crippen molar-refractivity contribution in [2.75, 3.05) is 6.61 Å². The molecule has 74 valence electrons. The van der Waals surface area contributed by atoms with Crippen molar-refractivity contribution in [1.29, 1.82) is 0 Å². The van der Waals surface area contributed by atoms with Crippen molar-refractivity contribution in [3.8, 4) is 6.08 Å². The van der Waals surface area contributed by atoms with Crippen molar-refractivity contribution in [3.05, 3.63) is 23.8 Å². The van der Waals surface area contributed by atoms with Crippen LogP contribution in [0.15, 0.2) is 22.6 Å². The Labute approximate surface area is 81.1 Å². The quantitative estimate of drug-likeness (QED) is 0.806. The van der Waals surface area contributed by atoms with E-state index in [0.717, 1.165) is 5.56 Å². The van der Waals surface area contributed by atoms with E-state index in [-0.39, 0.29) is 12.7 Å². The number of ether oxygens (including phenoxy) is 1. The Kier molecular flexibility index (Phi) is 2.37. The summed E-state index contributed by atoms with van der Waals surface area (Å²) in [5.41, 5.74) is 2.03. The van der Waals surface area contributed by atoms with Gasteiger partial charge in [0.25, 0.3) is 0 Å². The monoisotopic (exact) mass is 193 g/mol. The fourth-order valence-corrected chi connectivity index (χ4v) is 1.30. The van der Waals surface area contributed by atoms with Gasteiger partial charge in [-0.15, -0.1) is 0 Å². The van der Waals surface area contributed by atoms with Gasteiger partial charge in [0.05, 0.1) is 13.2 Å². The molecule has 0 fully saturated rings. The van der Waals surface area contributed by atoms with E-state index in [1.54, 1.807) is 6.07 Å². The molecule has 0 aliphatic carbocycles. The highest BCUT2D eigenvalue weighted by Gasteiger charge is 2.09. The molecule has 1 heterocycles. The van der Waals surface area contributed by atoms with E-state index in [1.807, 2.05) is 19.1 Å². The number of hydrogen-bond acceptors (Lipinski definition) is 4. The van der Waals surface area contributed by atoms with Gasteiger partial charge in [0, 0.05) is 5.56 Å². The second-order valence-corrected chi connectivity index (χ2v) is 2.84. The van der Waals surface area contributed by atoms with Crippen LogP contribution in [0.1, 0.15) is 12.5 Å². The van der Waals surface area contributed by atoms with Crippen LogP contribution >= 0.6 is 0 Å². The molecule has 1 aromatic carbocycles. The van der Waals surface area contributed by atoms with E-state index >= 15 is 0 Å². The summed E-state index contributed by atoms with van der Waals surface area (Å²) in [6.07, 6.45) is 0.253. The maximum absolute atomic E-state index is 9.05. The molecule has 4 nitrogen and oxygen atoms in total. The highest BCUT2D eigenvalue weighted by atomic mass is 16.6. The fraction of sp³-hybridized carbons (Fsp3) is 0.300. The molecule has 0 saturated heterocycles. The summed E-state index contributed by atoms with van der Waals surface area (Å²) in [6.45, 7) is 2.32. The summed E-state index contributed by atoms with van der Waals surface area (Å²) in [5.74, 6) is 0. The maximum atomic E-state index is 9.05. The van der Waals surface area contributed by atoms with Crippen LogP contribution in [-0.2, 0) is 6.61 Å². The zero-order chi connectivity index (χ0) is 9.97. The van der Waals surface area contributed by atoms with E-state index in [0.29, 0.717) is 17.7 Å². The standard InChI is InChI=1S/C10H11NO3/c1-2-13-10-11-8-5-3-4-7(6-12)9(8)14-10/h3-5,12H,2,6H2,1H3. The van der Waals surface area contributed by atoms with Gasteiger partial charge in [0.1, 0.15) is 5.52 Å². The van der Waals surface area contributed by atoms with Crippen LogP contribution in [0.5, 0.6) is 6.08 Å². The predicted octanol–water partition coefficient (Wildman–Crippen LogP) is 1.72. The number of aliphatic hydroxyl groups is 1. The molecule has 1 N–H and O–H groups in total. The number of nitrogens with zero attached hydrogens (tertiary/aromatic N) is 1. The van der Waals surface area contributed by atoms with E-state index in [4.69, 9.17) is 14.3 Å². The molecule has 0 amide bonds. The maximum Gasteiger partial charge on any atom is 0.394 e. The molecule has 1 aromatic heterocycles. The Morgan fingerprint density at radius 2 is 2.36 bits per heavy atom. The van der Waals surface area contributed by atoms with Crippen LogP contribution in [0.2, 0.25) is 0 Å². The highest BCUT2D eigenvalue weighted by Crippen LogP contribution is 2.23. The van der Waals surface area contributed by atoms with Crippen LogP contribution in [0, 0.1) is 0 Å². The van der Waals surface area contributed by atoms with Crippen molar-refractivity contribution in [2.45, 2.75) is 13.5 Å². The first kappa shape index (κ1) is 9.02. The number of fused-ring (bicyclic) bond motifs is 1. The minimum Gasteiger partial charge on any atom is -0.450 e. The van der Waals surface area contributed by atoms with Gasteiger partial charge in [0.15, 0.2) is 5.58 Å². The lowest BCUT2D eigenvalue weighted by atomic mass is 10.2. The summed E-state index contributed by atoms with van der Waals surface area (Å²) < 4.78 is 10.5. The molecule has 2 rings (SSSR count). The lowest BCUT2D eigenvalue weighted by Gasteiger charge is -1.94. The molecule has 0 unspecified atom stereocenters. The van der Waals surface area contributed by atoms with Gasteiger partial charge in [-0.3, -0.25) is 0 Å². The molecule has 14 heavy (non-hydrogen) atoms. The summed E-state index contributed by atoms with van der Waals surface area (Å²) in [7, 11) is 0. The lowest BCUT2D eigenvalue weighted by molar-refractivity contribution is 0.248. The van der Waals surface area contributed by atoms with Crippen LogP contribution in [0.25, 0.3) is 11.1 Å². The van der Waals surface area contributed by atoms with E-state index < -0.39 is 0 Å². The third-order valence-corrected chi connectivity index (χ3v) is 1.92. The Morgan fingerprint density at radius 3 is 3.07 bits per heavy atom. The number of aliphatic hydroxyl groups excluding tert-OH is 1. The van der Waals surface area contributed by atoms with Gasteiger partial charge in [-0.25, -0.2) is 0 Å². The topological polar surface area (TPSA) is 55.5 Å². The molecule has 0 aliphatic heterocycles. The fourth-order valence-electron chi connectivity index (χ4n) is 1.30. The van der Waals surface area contributed by atoms with E-state index in [2.05, 4.69) is 4.98 Å². The average Bonchev–Trinajstić information content (AvgIpc) is 2.60. The molecular weight excluding hydrogens is 182 g/mol. The summed E-state index contributed by atoms with van der Waals surface area (Å²) >= 11 is 0. The predicted molar refractivity (Wildman–Crippen MR) is 51.1 cm³/mol. The van der Waals surface area contributed by atoms with Crippen molar-refractivity contribution in [3.63, 3.8) is 0 Å². The summed E-state index contributed by atoms with van der Waals surface area (Å²) in [5, 5.41) is 9.05. The van der Waals surface area contributed by atoms with Gasteiger partial charge in [-0.1, -0.05) is 12.1 Å². The summed E-state index contributed by atoms with van der Waals surface area (Å²) in [6, 6.07) is 5.44. The molecule has 0 spiro atoms. The molecule has 0 saturated carbocycles. The Morgan fingerprint density at radius 1 is 1.50 bits per heavy atom. The second kappa shape index (κ2) is 3.67. The number of rotatable bonds is 3. The van der Waals surface area contributed by atoms with Crippen molar-refractivity contribution >= 4 is 11.1 Å². The number of aromatic nitrogens is 1. The van der Waals surface area contributed by atoms with Gasteiger partial charge >= 0.3 is 6.08 Å². The first-order chi connectivity index (χ1) is 6.85. The van der Waals surface area contributed by atoms with Gasteiger partial charge < -0.3 is 14.3 Å². The van der Waals surface area contributed by atoms with E-state index in [9.17, 15) is 0 Å².